The zero-order chi connectivity index (χ0) is 34.4. The SMILES string of the molecule is Cc1c(-c2cc3cc(NC(=O)O[C@H]4CN(C(=O)OC(C)(C)C)C[C@H]4C)ncc3c(Cl)c2F)cnc2c1N(C(=O)OC(C)(C)C)CCO2. The van der Waals surface area contributed by atoms with Crippen molar-refractivity contribution in [1.82, 2.24) is 14.9 Å². The van der Waals surface area contributed by atoms with E-state index >= 15 is 4.39 Å². The smallest absolute Gasteiger partial charge is 0.415 e. The zero-order valence-electron chi connectivity index (χ0n) is 27.7. The Morgan fingerprint density at radius 2 is 1.68 bits per heavy atom. The van der Waals surface area contributed by atoms with Gasteiger partial charge in [-0.2, -0.15) is 0 Å². The molecule has 0 unspecified atom stereocenters. The van der Waals surface area contributed by atoms with Gasteiger partial charge in [-0.1, -0.05) is 18.5 Å². The molecule has 3 aromatic rings. The number of fused-ring (bicyclic) bond motifs is 2. The van der Waals surface area contributed by atoms with Crippen LogP contribution >= 0.6 is 11.6 Å². The topological polar surface area (TPSA) is 132 Å². The van der Waals surface area contributed by atoms with Gasteiger partial charge >= 0.3 is 18.3 Å². The lowest BCUT2D eigenvalue weighted by atomic mass is 9.97. The summed E-state index contributed by atoms with van der Waals surface area (Å²) in [6, 6.07) is 3.12. The lowest BCUT2D eigenvalue weighted by Crippen LogP contribution is -2.42. The Balaban J connectivity index is 1.39. The minimum Gasteiger partial charge on any atom is -0.474 e. The van der Waals surface area contributed by atoms with E-state index in [1.165, 1.54) is 22.2 Å². The van der Waals surface area contributed by atoms with Crippen molar-refractivity contribution in [3.05, 3.63) is 40.9 Å². The summed E-state index contributed by atoms with van der Waals surface area (Å²) in [6.07, 6.45) is 0.472. The summed E-state index contributed by atoms with van der Waals surface area (Å²) in [5.41, 5.74) is 0.0656. The van der Waals surface area contributed by atoms with Crippen LogP contribution in [-0.4, -0.2) is 76.7 Å². The van der Waals surface area contributed by atoms with Gasteiger partial charge in [0.15, 0.2) is 0 Å². The van der Waals surface area contributed by atoms with E-state index in [1.54, 1.807) is 60.6 Å². The van der Waals surface area contributed by atoms with E-state index in [0.29, 0.717) is 34.1 Å². The maximum absolute atomic E-state index is 15.8. The molecule has 0 spiro atoms. The summed E-state index contributed by atoms with van der Waals surface area (Å²) in [5, 5.41) is 3.26. The van der Waals surface area contributed by atoms with Crippen LogP contribution in [-0.2, 0) is 14.2 Å². The Kier molecular flexibility index (Phi) is 9.15. The molecular weight excluding hydrogens is 633 g/mol. The average Bonchev–Trinajstić information content (AvgIpc) is 3.33. The fourth-order valence-electron chi connectivity index (χ4n) is 5.44. The van der Waals surface area contributed by atoms with Crippen LogP contribution in [0.25, 0.3) is 21.9 Å². The molecule has 1 saturated heterocycles. The zero-order valence-corrected chi connectivity index (χ0v) is 28.5. The third-order valence-electron chi connectivity index (χ3n) is 7.59. The van der Waals surface area contributed by atoms with Crippen molar-refractivity contribution in [3.63, 3.8) is 0 Å². The molecule has 47 heavy (non-hydrogen) atoms. The number of benzene rings is 1. The molecule has 0 radical (unpaired) electrons. The van der Waals surface area contributed by atoms with Crippen molar-refractivity contribution >= 4 is 52.2 Å². The molecule has 1 aromatic carbocycles. The fourth-order valence-corrected chi connectivity index (χ4v) is 5.70. The van der Waals surface area contributed by atoms with Gasteiger partial charge in [-0.15, -0.1) is 0 Å². The van der Waals surface area contributed by atoms with Gasteiger partial charge in [0.2, 0.25) is 5.88 Å². The van der Waals surface area contributed by atoms with E-state index in [0.717, 1.165) is 0 Å². The molecule has 0 saturated carbocycles. The largest absolute Gasteiger partial charge is 0.474 e. The summed E-state index contributed by atoms with van der Waals surface area (Å²) in [7, 11) is 0. The van der Waals surface area contributed by atoms with Crippen LogP contribution in [0.5, 0.6) is 5.88 Å². The monoisotopic (exact) mass is 671 g/mol. The van der Waals surface area contributed by atoms with Crippen molar-refractivity contribution in [2.45, 2.75) is 72.7 Å². The summed E-state index contributed by atoms with van der Waals surface area (Å²) >= 11 is 6.50. The number of halogens is 2. The highest BCUT2D eigenvalue weighted by molar-refractivity contribution is 6.36. The first-order chi connectivity index (χ1) is 21.9. The molecule has 4 heterocycles. The summed E-state index contributed by atoms with van der Waals surface area (Å²) in [5.74, 6) is -0.435. The van der Waals surface area contributed by atoms with Crippen molar-refractivity contribution < 1.29 is 37.7 Å². The van der Waals surface area contributed by atoms with Gasteiger partial charge in [0, 0.05) is 41.4 Å². The van der Waals surface area contributed by atoms with Crippen LogP contribution in [0.4, 0.5) is 30.3 Å². The Hall–Kier alpha value is -4.39. The first-order valence-electron chi connectivity index (χ1n) is 15.3. The maximum Gasteiger partial charge on any atom is 0.415 e. The molecule has 252 valence electrons. The predicted molar refractivity (Wildman–Crippen MR) is 175 cm³/mol. The van der Waals surface area contributed by atoms with Gasteiger partial charge in [-0.3, -0.25) is 10.2 Å². The number of nitrogens with zero attached hydrogens (tertiary/aromatic N) is 4. The Bertz CT molecular complexity index is 1740. The number of anilines is 2. The van der Waals surface area contributed by atoms with Crippen molar-refractivity contribution in [1.29, 1.82) is 0 Å². The first kappa shape index (κ1) is 34.0. The molecule has 5 rings (SSSR count). The Morgan fingerprint density at radius 1 is 1.00 bits per heavy atom. The number of aromatic nitrogens is 2. The molecule has 2 atom stereocenters. The van der Waals surface area contributed by atoms with E-state index in [4.69, 9.17) is 30.5 Å². The molecule has 2 aliphatic heterocycles. The van der Waals surface area contributed by atoms with E-state index in [9.17, 15) is 14.4 Å². The van der Waals surface area contributed by atoms with Crippen molar-refractivity contribution in [3.8, 4) is 17.0 Å². The molecule has 3 amide bonds. The van der Waals surface area contributed by atoms with Crippen LogP contribution in [0.3, 0.4) is 0 Å². The molecular formula is C33H39ClFN5O7. The molecule has 1 N–H and O–H groups in total. The standard InChI is InChI=1S/C33H39ClFN5O7/c1-17-15-39(30(42)46-32(3,4)5)16-23(17)45-29(41)38-24-12-19-11-20(26(35)25(34)22(19)14-36-24)21-13-37-28-27(18(21)2)40(9-10-44-28)31(43)47-33(6,7)8/h11-14,17,23H,9-10,15-16H2,1-8H3,(H,36,38,41)/t17-,23+/m1/s1. The molecule has 12 nitrogen and oxygen atoms in total. The van der Waals surface area contributed by atoms with Crippen LogP contribution in [0.2, 0.25) is 5.02 Å². The van der Waals surface area contributed by atoms with Crippen LogP contribution in [0.1, 0.15) is 54.0 Å². The van der Waals surface area contributed by atoms with Crippen LogP contribution < -0.4 is 15.0 Å². The number of ether oxygens (including phenoxy) is 4. The van der Waals surface area contributed by atoms with E-state index in [-0.39, 0.29) is 47.9 Å². The molecule has 2 aromatic heterocycles. The van der Waals surface area contributed by atoms with Gasteiger partial charge in [0.25, 0.3) is 0 Å². The summed E-state index contributed by atoms with van der Waals surface area (Å²) in [4.78, 5) is 50.0. The van der Waals surface area contributed by atoms with Crippen LogP contribution in [0, 0.1) is 18.7 Å². The highest BCUT2D eigenvalue weighted by Gasteiger charge is 2.37. The third-order valence-corrected chi connectivity index (χ3v) is 7.95. The van der Waals surface area contributed by atoms with Gasteiger partial charge in [-0.25, -0.2) is 28.7 Å². The lowest BCUT2D eigenvalue weighted by molar-refractivity contribution is 0.0262. The highest BCUT2D eigenvalue weighted by atomic mass is 35.5. The normalized spacial score (nSPS) is 18.0. The first-order valence-corrected chi connectivity index (χ1v) is 15.7. The van der Waals surface area contributed by atoms with Gasteiger partial charge < -0.3 is 23.8 Å². The van der Waals surface area contributed by atoms with E-state index in [1.807, 2.05) is 6.92 Å². The summed E-state index contributed by atoms with van der Waals surface area (Å²) in [6.45, 7) is 15.3. The van der Waals surface area contributed by atoms with E-state index in [2.05, 4.69) is 15.3 Å². The average molecular weight is 672 g/mol. The maximum atomic E-state index is 15.8. The van der Waals surface area contributed by atoms with E-state index < -0.39 is 41.4 Å². The number of rotatable bonds is 3. The second kappa shape index (κ2) is 12.7. The minimum atomic E-state index is -0.759. The second-order valence-electron chi connectivity index (χ2n) is 13.7. The minimum absolute atomic E-state index is 0.118. The molecule has 2 aliphatic rings. The summed E-state index contributed by atoms with van der Waals surface area (Å²) < 4.78 is 38.2. The quantitative estimate of drug-likeness (QED) is 0.284. The predicted octanol–water partition coefficient (Wildman–Crippen LogP) is 7.34. The number of carbonyl (C=O) groups excluding carboxylic acids is 3. The number of carbonyl (C=O) groups is 3. The molecule has 0 bridgehead atoms. The number of amides is 3. The van der Waals surface area contributed by atoms with Crippen molar-refractivity contribution in [2.24, 2.45) is 5.92 Å². The van der Waals surface area contributed by atoms with Crippen LogP contribution in [0.15, 0.2) is 24.5 Å². The Morgan fingerprint density at radius 3 is 2.36 bits per heavy atom. The number of pyridine rings is 2. The molecule has 1 fully saturated rings. The van der Waals surface area contributed by atoms with Gasteiger partial charge in [0.1, 0.15) is 41.2 Å². The third kappa shape index (κ3) is 7.45. The fraction of sp³-hybridized carbons (Fsp3) is 0.485. The Labute approximate surface area is 277 Å². The molecule has 14 heteroatoms. The number of hydrogen-bond donors (Lipinski definition) is 1. The second-order valence-corrected chi connectivity index (χ2v) is 14.1. The number of hydrogen-bond acceptors (Lipinski definition) is 9. The van der Waals surface area contributed by atoms with Gasteiger partial charge in [0.05, 0.1) is 18.1 Å². The lowest BCUT2D eigenvalue weighted by Gasteiger charge is -2.32. The highest BCUT2D eigenvalue weighted by Crippen LogP contribution is 2.42. The number of likely N-dealkylation sites (tertiary alicyclic amines) is 1. The number of nitrogens with one attached hydrogen (secondary N) is 1. The molecule has 0 aliphatic carbocycles. The van der Waals surface area contributed by atoms with Gasteiger partial charge in [-0.05, 0) is 71.5 Å². The van der Waals surface area contributed by atoms with Crippen molar-refractivity contribution in [2.75, 3.05) is 36.5 Å².